The molecule has 4 heterocycles. The third-order valence-corrected chi connectivity index (χ3v) is 5.99. The number of likely N-dealkylation sites (tertiary alicyclic amines) is 1. The van der Waals surface area contributed by atoms with Crippen molar-refractivity contribution in [2.45, 2.75) is 44.4 Å². The van der Waals surface area contributed by atoms with E-state index in [1.807, 2.05) is 12.4 Å². The Kier molecular flexibility index (Phi) is 5.82. The summed E-state index contributed by atoms with van der Waals surface area (Å²) in [7, 11) is 0. The molecule has 1 N–H and O–H groups in total. The molecule has 0 aromatic carbocycles. The maximum Gasteiger partial charge on any atom is 0.249 e. The first-order valence-electron chi connectivity index (χ1n) is 9.90. The van der Waals surface area contributed by atoms with Crippen LogP contribution in [0.25, 0.3) is 0 Å². The molecule has 0 aliphatic carbocycles. The van der Waals surface area contributed by atoms with Crippen LogP contribution in [0, 0.1) is 11.8 Å². The van der Waals surface area contributed by atoms with Gasteiger partial charge in [0.1, 0.15) is 6.10 Å². The fourth-order valence-corrected chi connectivity index (χ4v) is 4.36. The van der Waals surface area contributed by atoms with Crippen molar-refractivity contribution in [3.05, 3.63) is 30.1 Å². The lowest BCUT2D eigenvalue weighted by Gasteiger charge is -2.34. The van der Waals surface area contributed by atoms with Crippen LogP contribution in [0.1, 0.15) is 31.2 Å². The molecule has 0 saturated carbocycles. The molecule has 1 amide bonds. The average molecular weight is 359 g/mol. The number of nitrogens with one attached hydrogen (secondary N) is 1. The highest BCUT2D eigenvalue weighted by atomic mass is 16.5. The number of carbonyl (C=O) groups excluding carboxylic acids is 1. The summed E-state index contributed by atoms with van der Waals surface area (Å²) in [4.78, 5) is 19.0. The van der Waals surface area contributed by atoms with Gasteiger partial charge >= 0.3 is 0 Å². The molecular formula is C20H29N3O3. The molecule has 3 aliphatic rings. The van der Waals surface area contributed by atoms with E-state index in [0.717, 1.165) is 65.1 Å². The number of hydrogen-bond acceptors (Lipinski definition) is 5. The van der Waals surface area contributed by atoms with Gasteiger partial charge in [-0.05, 0) is 61.8 Å². The van der Waals surface area contributed by atoms with Crippen molar-refractivity contribution >= 4 is 5.91 Å². The van der Waals surface area contributed by atoms with Crippen LogP contribution in [-0.4, -0.2) is 60.8 Å². The third-order valence-electron chi connectivity index (χ3n) is 5.99. The van der Waals surface area contributed by atoms with Crippen LogP contribution in [0.2, 0.25) is 0 Å². The first kappa shape index (κ1) is 17.9. The molecule has 1 aromatic heterocycles. The fraction of sp³-hybridized carbons (Fsp3) is 0.700. The summed E-state index contributed by atoms with van der Waals surface area (Å²) in [5.41, 5.74) is 1.28. The average Bonchev–Trinajstić information content (AvgIpc) is 3.11. The lowest BCUT2D eigenvalue weighted by Crippen LogP contribution is -2.42. The molecule has 0 bridgehead atoms. The Balaban J connectivity index is 1.24. The predicted molar refractivity (Wildman–Crippen MR) is 97.5 cm³/mol. The van der Waals surface area contributed by atoms with Gasteiger partial charge in [-0.1, -0.05) is 0 Å². The Bertz CT molecular complexity index is 591. The van der Waals surface area contributed by atoms with Crippen LogP contribution in [-0.2, 0) is 20.8 Å². The van der Waals surface area contributed by atoms with Gasteiger partial charge in [-0.2, -0.15) is 0 Å². The zero-order chi connectivity index (χ0) is 17.8. The van der Waals surface area contributed by atoms with E-state index in [1.54, 1.807) is 0 Å². The Morgan fingerprint density at radius 1 is 1.23 bits per heavy atom. The molecule has 3 saturated heterocycles. The number of pyridine rings is 1. The summed E-state index contributed by atoms with van der Waals surface area (Å²) >= 11 is 0. The molecule has 142 valence electrons. The number of nitrogens with zero attached hydrogens (tertiary/aromatic N) is 2. The second kappa shape index (κ2) is 8.46. The zero-order valence-electron chi connectivity index (χ0n) is 15.3. The van der Waals surface area contributed by atoms with Crippen LogP contribution >= 0.6 is 0 Å². The minimum atomic E-state index is -0.272. The van der Waals surface area contributed by atoms with E-state index >= 15 is 0 Å². The maximum absolute atomic E-state index is 12.5. The molecule has 26 heavy (non-hydrogen) atoms. The molecule has 0 unspecified atom stereocenters. The van der Waals surface area contributed by atoms with Gasteiger partial charge < -0.3 is 14.8 Å². The number of amides is 1. The third kappa shape index (κ3) is 4.42. The van der Waals surface area contributed by atoms with Gasteiger partial charge in [0.25, 0.3) is 0 Å². The van der Waals surface area contributed by atoms with Crippen molar-refractivity contribution in [3.63, 3.8) is 0 Å². The highest BCUT2D eigenvalue weighted by Gasteiger charge is 2.41. The maximum atomic E-state index is 12.5. The number of carbonyl (C=O) groups is 1. The van der Waals surface area contributed by atoms with E-state index in [4.69, 9.17) is 9.47 Å². The van der Waals surface area contributed by atoms with Crippen molar-refractivity contribution < 1.29 is 14.3 Å². The highest BCUT2D eigenvalue weighted by Crippen LogP contribution is 2.33. The van der Waals surface area contributed by atoms with Crippen LogP contribution in [0.15, 0.2) is 24.5 Å². The SMILES string of the molecule is O=C(NCC1CCOCC1)[C@@H]1C[C@H]2CCN(Cc3ccncc3)C[C@H]2O1. The van der Waals surface area contributed by atoms with Gasteiger partial charge in [0.15, 0.2) is 0 Å². The molecule has 0 spiro atoms. The minimum Gasteiger partial charge on any atom is -0.381 e. The zero-order valence-corrected chi connectivity index (χ0v) is 15.3. The standard InChI is InChI=1S/C20H29N3O3/c24-20(22-12-15-4-9-25-10-5-15)18-11-17-3-8-23(14-19(17)26-18)13-16-1-6-21-7-2-16/h1-2,6-7,15,17-19H,3-5,8-14H2,(H,22,24)/t17-,18+,19-/m1/s1. The summed E-state index contributed by atoms with van der Waals surface area (Å²) < 4.78 is 11.5. The van der Waals surface area contributed by atoms with Crippen molar-refractivity contribution in [1.29, 1.82) is 0 Å². The molecule has 0 radical (unpaired) electrons. The van der Waals surface area contributed by atoms with Crippen molar-refractivity contribution in [1.82, 2.24) is 15.2 Å². The lowest BCUT2D eigenvalue weighted by molar-refractivity contribution is -0.133. The molecule has 6 heteroatoms. The van der Waals surface area contributed by atoms with E-state index < -0.39 is 0 Å². The van der Waals surface area contributed by atoms with Crippen LogP contribution < -0.4 is 5.32 Å². The predicted octanol–water partition coefficient (Wildman–Crippen LogP) is 1.60. The van der Waals surface area contributed by atoms with Crippen molar-refractivity contribution in [2.75, 3.05) is 32.8 Å². The van der Waals surface area contributed by atoms with Gasteiger partial charge in [-0.3, -0.25) is 14.7 Å². The van der Waals surface area contributed by atoms with Gasteiger partial charge in [0.05, 0.1) is 6.10 Å². The quantitative estimate of drug-likeness (QED) is 0.865. The molecule has 3 aliphatic heterocycles. The van der Waals surface area contributed by atoms with Crippen molar-refractivity contribution in [2.24, 2.45) is 11.8 Å². The number of rotatable bonds is 5. The van der Waals surface area contributed by atoms with Crippen LogP contribution in [0.5, 0.6) is 0 Å². The van der Waals surface area contributed by atoms with Gasteiger partial charge in [0, 0.05) is 45.2 Å². The van der Waals surface area contributed by atoms with E-state index in [0.29, 0.717) is 11.8 Å². The number of aromatic nitrogens is 1. The largest absolute Gasteiger partial charge is 0.381 e. The first-order chi connectivity index (χ1) is 12.8. The van der Waals surface area contributed by atoms with Gasteiger partial charge in [-0.15, -0.1) is 0 Å². The Hall–Kier alpha value is -1.50. The molecule has 6 nitrogen and oxygen atoms in total. The second-order valence-corrected chi connectivity index (χ2v) is 7.84. The van der Waals surface area contributed by atoms with E-state index in [1.165, 1.54) is 5.56 Å². The molecule has 3 fully saturated rings. The monoisotopic (exact) mass is 359 g/mol. The smallest absolute Gasteiger partial charge is 0.249 e. The molecule has 4 rings (SSSR count). The van der Waals surface area contributed by atoms with E-state index in [2.05, 4.69) is 27.3 Å². The lowest BCUT2D eigenvalue weighted by atomic mass is 9.91. The minimum absolute atomic E-state index is 0.0755. The number of ether oxygens (including phenoxy) is 2. The second-order valence-electron chi connectivity index (χ2n) is 7.84. The Morgan fingerprint density at radius 3 is 2.85 bits per heavy atom. The van der Waals surface area contributed by atoms with E-state index in [-0.39, 0.29) is 18.1 Å². The number of fused-ring (bicyclic) bond motifs is 1. The van der Waals surface area contributed by atoms with Gasteiger partial charge in [0.2, 0.25) is 5.91 Å². The summed E-state index contributed by atoms with van der Waals surface area (Å²) in [6, 6.07) is 4.13. The summed E-state index contributed by atoms with van der Waals surface area (Å²) in [6.45, 7) is 5.30. The van der Waals surface area contributed by atoms with Crippen LogP contribution in [0.3, 0.4) is 0 Å². The Labute approximate surface area is 155 Å². The molecule has 1 aromatic rings. The summed E-state index contributed by atoms with van der Waals surface area (Å²) in [5.74, 6) is 1.14. The summed E-state index contributed by atoms with van der Waals surface area (Å²) in [6.07, 6.45) is 7.66. The number of hydrogen-bond donors (Lipinski definition) is 1. The normalized spacial score (nSPS) is 30.1. The topological polar surface area (TPSA) is 63.7 Å². The molecular weight excluding hydrogens is 330 g/mol. The van der Waals surface area contributed by atoms with Gasteiger partial charge in [-0.25, -0.2) is 0 Å². The first-order valence-corrected chi connectivity index (χ1v) is 9.90. The Morgan fingerprint density at radius 2 is 2.04 bits per heavy atom. The number of piperidine rings is 1. The van der Waals surface area contributed by atoms with Crippen LogP contribution in [0.4, 0.5) is 0 Å². The van der Waals surface area contributed by atoms with Crippen molar-refractivity contribution in [3.8, 4) is 0 Å². The van der Waals surface area contributed by atoms with E-state index in [9.17, 15) is 4.79 Å². The summed E-state index contributed by atoms with van der Waals surface area (Å²) in [5, 5.41) is 3.12. The highest BCUT2D eigenvalue weighted by molar-refractivity contribution is 5.81. The molecule has 3 atom stereocenters. The fourth-order valence-electron chi connectivity index (χ4n) is 4.36.